The maximum absolute atomic E-state index is 12.3. The number of hydrogen-bond acceptors (Lipinski definition) is 4. The van der Waals surface area contributed by atoms with Crippen LogP contribution in [0.1, 0.15) is 15.9 Å². The van der Waals surface area contributed by atoms with Gasteiger partial charge >= 0.3 is 0 Å². The molecule has 2 aromatic heterocycles. The molecule has 0 aliphatic carbocycles. The lowest BCUT2D eigenvalue weighted by molar-refractivity contribution is 0.102. The maximum Gasteiger partial charge on any atom is 0.258 e. The molecule has 6 nitrogen and oxygen atoms in total. The standard InChI is InChI=1S/C16H14N4O2/c21-11-12-6-7-17-9-15(12)19-16(22)13-8-18-20(10-13)14-4-2-1-3-5-14/h1-10,21H,11H2,(H,19,22). The number of aliphatic hydroxyl groups excluding tert-OH is 1. The molecule has 2 N–H and O–H groups in total. The largest absolute Gasteiger partial charge is 0.392 e. The van der Waals surface area contributed by atoms with Crippen molar-refractivity contribution in [2.45, 2.75) is 6.61 Å². The van der Waals surface area contributed by atoms with E-state index in [4.69, 9.17) is 0 Å². The number of para-hydroxylation sites is 1. The fraction of sp³-hybridized carbons (Fsp3) is 0.0625. The summed E-state index contributed by atoms with van der Waals surface area (Å²) < 4.78 is 1.63. The van der Waals surface area contributed by atoms with Crippen molar-refractivity contribution >= 4 is 11.6 Å². The van der Waals surface area contributed by atoms with E-state index >= 15 is 0 Å². The quantitative estimate of drug-likeness (QED) is 0.771. The third-order valence-corrected chi connectivity index (χ3v) is 3.20. The van der Waals surface area contributed by atoms with Crippen molar-refractivity contribution in [1.29, 1.82) is 0 Å². The highest BCUT2D eigenvalue weighted by Gasteiger charge is 2.11. The first kappa shape index (κ1) is 14.0. The number of rotatable bonds is 4. The number of aliphatic hydroxyl groups is 1. The van der Waals surface area contributed by atoms with Crippen LogP contribution in [0.15, 0.2) is 61.2 Å². The number of hydrogen-bond donors (Lipinski definition) is 2. The van der Waals surface area contributed by atoms with Gasteiger partial charge in [-0.3, -0.25) is 9.78 Å². The van der Waals surface area contributed by atoms with Crippen LogP contribution in [0, 0.1) is 0 Å². The van der Waals surface area contributed by atoms with Gasteiger partial charge in [0.15, 0.2) is 0 Å². The van der Waals surface area contributed by atoms with Gasteiger partial charge in [-0.05, 0) is 18.2 Å². The Morgan fingerprint density at radius 1 is 1.18 bits per heavy atom. The number of carbonyl (C=O) groups is 1. The Bertz CT molecular complexity index is 784. The van der Waals surface area contributed by atoms with Crippen LogP contribution in [0.4, 0.5) is 5.69 Å². The highest BCUT2D eigenvalue weighted by Crippen LogP contribution is 2.15. The van der Waals surface area contributed by atoms with E-state index in [1.807, 2.05) is 30.3 Å². The number of aromatic nitrogens is 3. The third-order valence-electron chi connectivity index (χ3n) is 3.20. The smallest absolute Gasteiger partial charge is 0.258 e. The maximum atomic E-state index is 12.3. The fourth-order valence-corrected chi connectivity index (χ4v) is 2.03. The minimum absolute atomic E-state index is 0.165. The molecule has 0 spiro atoms. The van der Waals surface area contributed by atoms with Gasteiger partial charge in [-0.15, -0.1) is 0 Å². The zero-order chi connectivity index (χ0) is 15.4. The number of pyridine rings is 1. The Morgan fingerprint density at radius 3 is 2.77 bits per heavy atom. The molecule has 6 heteroatoms. The van der Waals surface area contributed by atoms with Crippen molar-refractivity contribution in [2.75, 3.05) is 5.32 Å². The predicted molar refractivity (Wildman–Crippen MR) is 81.7 cm³/mol. The molecule has 3 rings (SSSR count). The zero-order valence-corrected chi connectivity index (χ0v) is 11.7. The second kappa shape index (κ2) is 6.19. The molecule has 0 radical (unpaired) electrons. The molecule has 0 atom stereocenters. The number of benzene rings is 1. The van der Waals surface area contributed by atoms with Gasteiger partial charge in [0.05, 0.1) is 35.9 Å². The van der Waals surface area contributed by atoms with E-state index < -0.39 is 0 Å². The van der Waals surface area contributed by atoms with Crippen LogP contribution >= 0.6 is 0 Å². The Labute approximate surface area is 127 Å². The Kier molecular flexibility index (Phi) is 3.93. The summed E-state index contributed by atoms with van der Waals surface area (Å²) in [6.45, 7) is -0.165. The molecule has 1 aromatic carbocycles. The van der Waals surface area contributed by atoms with Crippen molar-refractivity contribution < 1.29 is 9.90 Å². The van der Waals surface area contributed by atoms with E-state index in [0.29, 0.717) is 16.8 Å². The van der Waals surface area contributed by atoms with Crippen molar-refractivity contribution in [3.8, 4) is 5.69 Å². The van der Waals surface area contributed by atoms with Gasteiger partial charge < -0.3 is 10.4 Å². The average Bonchev–Trinajstić information content (AvgIpc) is 3.06. The average molecular weight is 294 g/mol. The van der Waals surface area contributed by atoms with E-state index in [0.717, 1.165) is 5.69 Å². The monoisotopic (exact) mass is 294 g/mol. The van der Waals surface area contributed by atoms with Gasteiger partial charge in [-0.2, -0.15) is 5.10 Å². The number of nitrogens with one attached hydrogen (secondary N) is 1. The number of carbonyl (C=O) groups excluding carboxylic acids is 1. The van der Waals surface area contributed by atoms with Crippen molar-refractivity contribution in [2.24, 2.45) is 0 Å². The van der Waals surface area contributed by atoms with Crippen LogP contribution in [-0.2, 0) is 6.61 Å². The molecule has 0 aliphatic rings. The van der Waals surface area contributed by atoms with Crippen molar-refractivity contribution in [1.82, 2.24) is 14.8 Å². The van der Waals surface area contributed by atoms with Crippen molar-refractivity contribution in [3.05, 3.63) is 72.3 Å². The van der Waals surface area contributed by atoms with E-state index in [9.17, 15) is 9.90 Å². The molecule has 22 heavy (non-hydrogen) atoms. The lowest BCUT2D eigenvalue weighted by atomic mass is 10.2. The molecule has 110 valence electrons. The Hall–Kier alpha value is -2.99. The lowest BCUT2D eigenvalue weighted by Crippen LogP contribution is -2.13. The second-order valence-electron chi connectivity index (χ2n) is 4.65. The summed E-state index contributed by atoms with van der Waals surface area (Å²) in [6.07, 6.45) is 6.22. The van der Waals surface area contributed by atoms with Gasteiger partial charge in [0, 0.05) is 18.0 Å². The highest BCUT2D eigenvalue weighted by molar-refractivity contribution is 6.04. The molecular weight excluding hydrogens is 280 g/mol. The summed E-state index contributed by atoms with van der Waals surface area (Å²) in [7, 11) is 0. The summed E-state index contributed by atoms with van der Waals surface area (Å²) in [6, 6.07) is 11.2. The van der Waals surface area contributed by atoms with Crippen LogP contribution < -0.4 is 5.32 Å². The number of nitrogens with zero attached hydrogens (tertiary/aromatic N) is 3. The number of amides is 1. The molecule has 1 amide bonds. The molecule has 0 aliphatic heterocycles. The Morgan fingerprint density at radius 2 is 2.00 bits per heavy atom. The summed E-state index contributed by atoms with van der Waals surface area (Å²) in [5.74, 6) is -0.301. The molecule has 0 bridgehead atoms. The topological polar surface area (TPSA) is 80.0 Å². The molecule has 0 saturated carbocycles. The number of anilines is 1. The minimum Gasteiger partial charge on any atom is -0.392 e. The first-order chi connectivity index (χ1) is 10.8. The zero-order valence-electron chi connectivity index (χ0n) is 11.7. The van der Waals surface area contributed by atoms with Crippen LogP contribution in [0.2, 0.25) is 0 Å². The summed E-state index contributed by atoms with van der Waals surface area (Å²) in [5.41, 5.74) is 2.40. The summed E-state index contributed by atoms with van der Waals surface area (Å²) >= 11 is 0. The first-order valence-electron chi connectivity index (χ1n) is 6.73. The van der Waals surface area contributed by atoms with E-state index in [-0.39, 0.29) is 12.5 Å². The molecule has 0 fully saturated rings. The summed E-state index contributed by atoms with van der Waals surface area (Å²) in [4.78, 5) is 16.2. The van der Waals surface area contributed by atoms with Crippen LogP contribution in [0.5, 0.6) is 0 Å². The van der Waals surface area contributed by atoms with E-state index in [1.54, 1.807) is 23.1 Å². The van der Waals surface area contributed by atoms with Gasteiger partial charge in [0.1, 0.15) is 0 Å². The minimum atomic E-state index is -0.301. The van der Waals surface area contributed by atoms with Gasteiger partial charge in [-0.25, -0.2) is 4.68 Å². The molecule has 2 heterocycles. The third kappa shape index (κ3) is 2.87. The normalized spacial score (nSPS) is 10.4. The molecule has 0 unspecified atom stereocenters. The van der Waals surface area contributed by atoms with Gasteiger partial charge in [-0.1, -0.05) is 18.2 Å². The molecule has 0 saturated heterocycles. The first-order valence-corrected chi connectivity index (χ1v) is 6.73. The predicted octanol–water partition coefficient (Wildman–Crippen LogP) is 2.01. The molecule has 3 aromatic rings. The van der Waals surface area contributed by atoms with E-state index in [2.05, 4.69) is 15.4 Å². The van der Waals surface area contributed by atoms with Crippen LogP contribution in [-0.4, -0.2) is 25.8 Å². The lowest BCUT2D eigenvalue weighted by Gasteiger charge is -2.07. The van der Waals surface area contributed by atoms with Crippen LogP contribution in [0.3, 0.4) is 0 Å². The summed E-state index contributed by atoms with van der Waals surface area (Å²) in [5, 5.41) is 16.2. The molecular formula is C16H14N4O2. The van der Waals surface area contributed by atoms with Gasteiger partial charge in [0.2, 0.25) is 0 Å². The van der Waals surface area contributed by atoms with Crippen LogP contribution in [0.25, 0.3) is 5.69 Å². The highest BCUT2D eigenvalue weighted by atomic mass is 16.3. The van der Waals surface area contributed by atoms with Gasteiger partial charge in [0.25, 0.3) is 5.91 Å². The fourth-order valence-electron chi connectivity index (χ4n) is 2.03. The Balaban J connectivity index is 1.80. The SMILES string of the molecule is O=C(Nc1cnccc1CO)c1cnn(-c2ccccc2)c1. The second-order valence-corrected chi connectivity index (χ2v) is 4.65. The van der Waals surface area contributed by atoms with E-state index in [1.165, 1.54) is 12.4 Å². The van der Waals surface area contributed by atoms with Crippen molar-refractivity contribution in [3.63, 3.8) is 0 Å².